The Morgan fingerprint density at radius 2 is 1.31 bits per heavy atom. The quantitative estimate of drug-likeness (QED) is 0.288. The summed E-state index contributed by atoms with van der Waals surface area (Å²) in [6, 6.07) is 0. The second-order valence-electron chi connectivity index (χ2n) is 1.53. The SMILES string of the molecule is O=C([O-])C(C(=O)[O-])S(=O)(=O)O.[Na+].[Na+]. The summed E-state index contributed by atoms with van der Waals surface area (Å²) in [7, 11) is -5.19. The van der Waals surface area contributed by atoms with Crippen LogP contribution in [0.15, 0.2) is 0 Å². The molecule has 1 N–H and O–H groups in total. The third-order valence-electron chi connectivity index (χ3n) is 0.726. The molecule has 0 aliphatic carbocycles. The van der Waals surface area contributed by atoms with E-state index in [0.29, 0.717) is 0 Å². The molecule has 13 heavy (non-hydrogen) atoms. The van der Waals surface area contributed by atoms with Gasteiger partial charge in [-0.25, -0.2) is 0 Å². The molecule has 0 aliphatic heterocycles. The third kappa shape index (κ3) is 6.86. The van der Waals surface area contributed by atoms with E-state index in [1.807, 2.05) is 0 Å². The van der Waals surface area contributed by atoms with Gasteiger partial charge in [-0.2, -0.15) is 8.42 Å². The van der Waals surface area contributed by atoms with Crippen LogP contribution in [-0.4, -0.2) is 30.2 Å². The van der Waals surface area contributed by atoms with Crippen LogP contribution in [0.25, 0.3) is 0 Å². The zero-order chi connectivity index (χ0) is 9.23. The molecule has 0 aromatic rings. The van der Waals surface area contributed by atoms with E-state index in [4.69, 9.17) is 4.55 Å². The van der Waals surface area contributed by atoms with Crippen LogP contribution in [0.4, 0.5) is 0 Å². The smallest absolute Gasteiger partial charge is 0.548 e. The van der Waals surface area contributed by atoms with Crippen molar-refractivity contribution in [2.45, 2.75) is 5.25 Å². The number of hydrogen-bond acceptors (Lipinski definition) is 6. The van der Waals surface area contributed by atoms with Crippen molar-refractivity contribution in [3.63, 3.8) is 0 Å². The van der Waals surface area contributed by atoms with Gasteiger partial charge in [-0.1, -0.05) is 0 Å². The van der Waals surface area contributed by atoms with Crippen LogP contribution in [0.5, 0.6) is 0 Å². The largest absolute Gasteiger partial charge is 1.00 e. The van der Waals surface area contributed by atoms with E-state index in [1.165, 1.54) is 0 Å². The maximum absolute atomic E-state index is 9.93. The van der Waals surface area contributed by atoms with Crippen LogP contribution in [0.2, 0.25) is 0 Å². The van der Waals surface area contributed by atoms with Crippen molar-refractivity contribution in [1.29, 1.82) is 0 Å². The van der Waals surface area contributed by atoms with E-state index in [0.717, 1.165) is 0 Å². The van der Waals surface area contributed by atoms with Crippen LogP contribution >= 0.6 is 0 Å². The Labute approximate surface area is 118 Å². The Balaban J connectivity index is -0.000000500. The summed E-state index contributed by atoms with van der Waals surface area (Å²) < 4.78 is 27.8. The summed E-state index contributed by atoms with van der Waals surface area (Å²) in [6.07, 6.45) is 0. The Morgan fingerprint density at radius 3 is 1.31 bits per heavy atom. The van der Waals surface area contributed by atoms with E-state index < -0.39 is 27.3 Å². The van der Waals surface area contributed by atoms with Gasteiger partial charge in [0.05, 0.1) is 11.9 Å². The first-order valence-electron chi connectivity index (χ1n) is 2.15. The molecule has 0 aromatic carbocycles. The normalized spacial score (nSPS) is 9.69. The van der Waals surface area contributed by atoms with Gasteiger partial charge in [0.1, 0.15) is 0 Å². The van der Waals surface area contributed by atoms with Crippen molar-refractivity contribution in [3.05, 3.63) is 0 Å². The fourth-order valence-electron chi connectivity index (χ4n) is 0.339. The third-order valence-corrected chi connectivity index (χ3v) is 1.71. The molecule has 0 radical (unpaired) electrons. The molecule has 7 nitrogen and oxygen atoms in total. The van der Waals surface area contributed by atoms with Gasteiger partial charge in [-0.3, -0.25) is 4.55 Å². The molecule has 0 spiro atoms. The van der Waals surface area contributed by atoms with Gasteiger partial charge in [-0.05, 0) is 0 Å². The van der Waals surface area contributed by atoms with Gasteiger partial charge >= 0.3 is 59.1 Å². The van der Waals surface area contributed by atoms with Crippen molar-refractivity contribution < 1.29 is 91.9 Å². The van der Waals surface area contributed by atoms with Gasteiger partial charge in [-0.15, -0.1) is 0 Å². The van der Waals surface area contributed by atoms with E-state index in [2.05, 4.69) is 0 Å². The topological polar surface area (TPSA) is 135 Å². The molecule has 0 bridgehead atoms. The summed E-state index contributed by atoms with van der Waals surface area (Å²) in [5, 5.41) is 16.4. The summed E-state index contributed by atoms with van der Waals surface area (Å²) in [5.41, 5.74) is 0. The summed E-state index contributed by atoms with van der Waals surface area (Å²) in [5.74, 6) is -4.88. The van der Waals surface area contributed by atoms with Crippen LogP contribution < -0.4 is 69.3 Å². The molecule has 64 valence electrons. The Hall–Kier alpha value is 0.850. The minimum atomic E-state index is -5.19. The van der Waals surface area contributed by atoms with Crippen molar-refractivity contribution >= 4 is 22.1 Å². The maximum Gasteiger partial charge on any atom is 1.00 e. The van der Waals surface area contributed by atoms with Gasteiger partial charge in [0.2, 0.25) is 0 Å². The van der Waals surface area contributed by atoms with Gasteiger partial charge in [0.25, 0.3) is 10.1 Å². The number of carboxylic acids is 2. The minimum absolute atomic E-state index is 0. The van der Waals surface area contributed by atoms with E-state index >= 15 is 0 Å². The fourth-order valence-corrected chi connectivity index (χ4v) is 0.826. The van der Waals surface area contributed by atoms with Crippen LogP contribution in [-0.2, 0) is 19.7 Å². The maximum atomic E-state index is 9.93. The number of carbonyl (C=O) groups is 2. The zero-order valence-electron chi connectivity index (χ0n) is 6.88. The molecular formula is C3H2Na2O7S. The Bertz CT molecular complexity index is 268. The second kappa shape index (κ2) is 7.18. The van der Waals surface area contributed by atoms with Crippen molar-refractivity contribution in [1.82, 2.24) is 0 Å². The first-order chi connectivity index (χ1) is 4.76. The van der Waals surface area contributed by atoms with Crippen LogP contribution in [0.1, 0.15) is 0 Å². The molecule has 0 saturated carbocycles. The number of carboxylic acid groups (broad SMARTS) is 2. The monoisotopic (exact) mass is 228 g/mol. The van der Waals surface area contributed by atoms with Gasteiger partial charge < -0.3 is 19.8 Å². The van der Waals surface area contributed by atoms with Crippen LogP contribution in [0, 0.1) is 0 Å². The molecular weight excluding hydrogens is 226 g/mol. The summed E-state index contributed by atoms with van der Waals surface area (Å²) >= 11 is 0. The molecule has 0 aliphatic rings. The fraction of sp³-hybridized carbons (Fsp3) is 0.333. The molecule has 0 fully saturated rings. The number of hydrogen-bond donors (Lipinski definition) is 1. The van der Waals surface area contributed by atoms with Gasteiger partial charge in [0.15, 0.2) is 5.25 Å². The average molecular weight is 228 g/mol. The summed E-state index contributed by atoms with van der Waals surface area (Å²) in [4.78, 5) is 19.4. The summed E-state index contributed by atoms with van der Waals surface area (Å²) in [6.45, 7) is 0. The average Bonchev–Trinajstić information content (AvgIpc) is 1.54. The molecule has 0 unspecified atom stereocenters. The number of aliphatic carboxylic acids is 2. The number of carbonyl (C=O) groups excluding carboxylic acids is 2. The first-order valence-corrected chi connectivity index (χ1v) is 3.65. The Morgan fingerprint density at radius 1 is 1.08 bits per heavy atom. The van der Waals surface area contributed by atoms with Gasteiger partial charge in [0, 0.05) is 0 Å². The molecule has 0 amide bonds. The van der Waals surface area contributed by atoms with Crippen molar-refractivity contribution in [2.24, 2.45) is 0 Å². The molecule has 0 saturated heterocycles. The van der Waals surface area contributed by atoms with E-state index in [9.17, 15) is 28.2 Å². The van der Waals surface area contributed by atoms with E-state index in [1.54, 1.807) is 0 Å². The predicted octanol–water partition coefficient (Wildman–Crippen LogP) is -10.2. The first kappa shape index (κ1) is 19.4. The van der Waals surface area contributed by atoms with Crippen molar-refractivity contribution in [3.8, 4) is 0 Å². The van der Waals surface area contributed by atoms with Crippen molar-refractivity contribution in [2.75, 3.05) is 0 Å². The minimum Gasteiger partial charge on any atom is -0.548 e. The second-order valence-corrected chi connectivity index (χ2v) is 3.03. The standard InChI is InChI=1S/C3H4O7S.2Na/c4-2(5)1(3(6)7)11(8,9)10;;/h1H,(H,4,5)(H,6,7)(H,8,9,10);;/q;2*+1/p-2. The van der Waals surface area contributed by atoms with E-state index in [-0.39, 0.29) is 59.1 Å². The number of rotatable bonds is 3. The molecule has 0 heterocycles. The predicted molar refractivity (Wildman–Crippen MR) is 25.4 cm³/mol. The van der Waals surface area contributed by atoms with Crippen LogP contribution in [0.3, 0.4) is 0 Å². The zero-order valence-corrected chi connectivity index (χ0v) is 11.7. The molecule has 0 aromatic heterocycles. The Kier molecular flexibility index (Phi) is 10.7. The molecule has 10 heteroatoms. The molecule has 0 atom stereocenters. The molecule has 0 rings (SSSR count).